The topological polar surface area (TPSA) is 49.3 Å². The number of aryl methyl sites for hydroxylation is 1. The minimum atomic E-state index is -1.06. The molecule has 2 aromatic rings. The molecule has 2 aromatic carbocycles. The van der Waals surface area contributed by atoms with E-state index in [-0.39, 0.29) is 11.3 Å². The Balaban J connectivity index is 2.49. The number of carbonyl (C=O) groups is 1. The maximum atomic E-state index is 13.7. The molecule has 0 aromatic heterocycles. The third kappa shape index (κ3) is 2.93. The van der Waals surface area contributed by atoms with Crippen molar-refractivity contribution in [2.45, 2.75) is 6.92 Å². The van der Waals surface area contributed by atoms with Crippen LogP contribution in [-0.2, 0) is 0 Å². The van der Waals surface area contributed by atoms with Crippen molar-refractivity contribution in [2.75, 3.05) is 5.32 Å². The van der Waals surface area contributed by atoms with Crippen LogP contribution in [0.4, 0.5) is 15.8 Å². The maximum Gasteiger partial charge on any atom is 0.337 e. The Labute approximate surface area is 118 Å². The zero-order valence-electron chi connectivity index (χ0n) is 10.1. The van der Waals surface area contributed by atoms with Gasteiger partial charge in [0.1, 0.15) is 5.82 Å². The summed E-state index contributed by atoms with van der Waals surface area (Å²) < 4.78 is 14.3. The van der Waals surface area contributed by atoms with Gasteiger partial charge in [0.15, 0.2) is 0 Å². The van der Waals surface area contributed by atoms with E-state index in [4.69, 9.17) is 5.11 Å². The average Bonchev–Trinajstić information content (AvgIpc) is 2.33. The molecule has 0 fully saturated rings. The van der Waals surface area contributed by atoms with Crippen molar-refractivity contribution in [3.05, 3.63) is 57.8 Å². The highest BCUT2D eigenvalue weighted by atomic mass is 79.9. The number of rotatable bonds is 3. The predicted molar refractivity (Wildman–Crippen MR) is 75.5 cm³/mol. The average molecular weight is 324 g/mol. The van der Waals surface area contributed by atoms with Gasteiger partial charge in [-0.25, -0.2) is 9.18 Å². The summed E-state index contributed by atoms with van der Waals surface area (Å²) in [6, 6.07) is 9.42. The van der Waals surface area contributed by atoms with Gasteiger partial charge in [-0.15, -0.1) is 0 Å². The predicted octanol–water partition coefficient (Wildman–Crippen LogP) is 4.34. The van der Waals surface area contributed by atoms with Crippen LogP contribution in [0.1, 0.15) is 15.9 Å². The molecule has 2 rings (SSSR count). The first-order valence-corrected chi connectivity index (χ1v) is 6.33. The lowest BCUT2D eigenvalue weighted by Crippen LogP contribution is -2.04. The highest BCUT2D eigenvalue weighted by molar-refractivity contribution is 9.10. The van der Waals surface area contributed by atoms with Gasteiger partial charge in [-0.1, -0.05) is 12.1 Å². The first-order chi connectivity index (χ1) is 8.99. The molecule has 3 nitrogen and oxygen atoms in total. The molecule has 0 saturated carbocycles. The molecule has 0 heterocycles. The van der Waals surface area contributed by atoms with Crippen molar-refractivity contribution in [1.82, 2.24) is 0 Å². The normalized spacial score (nSPS) is 10.3. The molecule has 0 spiro atoms. The van der Waals surface area contributed by atoms with E-state index in [0.717, 1.165) is 5.56 Å². The van der Waals surface area contributed by atoms with Crippen LogP contribution in [0.15, 0.2) is 40.9 Å². The first kappa shape index (κ1) is 13.5. The van der Waals surface area contributed by atoms with Crippen LogP contribution < -0.4 is 5.32 Å². The van der Waals surface area contributed by atoms with Crippen LogP contribution in [0.3, 0.4) is 0 Å². The number of hydrogen-bond donors (Lipinski definition) is 2. The standard InChI is InChI=1S/C14H11BrFNO2/c1-8-5-6-9(14(18)19)12(7-8)17-13-10(15)3-2-4-11(13)16/h2-7,17H,1H3,(H,18,19). The summed E-state index contributed by atoms with van der Waals surface area (Å²) in [7, 11) is 0. The monoisotopic (exact) mass is 323 g/mol. The van der Waals surface area contributed by atoms with Crippen molar-refractivity contribution in [3.8, 4) is 0 Å². The number of carboxylic acid groups (broad SMARTS) is 1. The Hall–Kier alpha value is -1.88. The molecule has 2 N–H and O–H groups in total. The van der Waals surface area contributed by atoms with Gasteiger partial charge in [0, 0.05) is 4.47 Å². The third-order valence-corrected chi connectivity index (χ3v) is 3.29. The molecule has 0 atom stereocenters. The van der Waals surface area contributed by atoms with Gasteiger partial charge in [-0.05, 0) is 52.7 Å². The van der Waals surface area contributed by atoms with Gasteiger partial charge in [0.05, 0.1) is 16.9 Å². The quantitative estimate of drug-likeness (QED) is 0.883. The van der Waals surface area contributed by atoms with E-state index < -0.39 is 11.8 Å². The van der Waals surface area contributed by atoms with Crippen molar-refractivity contribution in [2.24, 2.45) is 0 Å². The second kappa shape index (κ2) is 5.40. The van der Waals surface area contributed by atoms with Crippen LogP contribution in [0.5, 0.6) is 0 Å². The van der Waals surface area contributed by atoms with E-state index in [2.05, 4.69) is 21.2 Å². The van der Waals surface area contributed by atoms with E-state index in [0.29, 0.717) is 10.2 Å². The summed E-state index contributed by atoms with van der Waals surface area (Å²) in [4.78, 5) is 11.1. The number of aromatic carboxylic acids is 1. The second-order valence-corrected chi connectivity index (χ2v) is 4.93. The van der Waals surface area contributed by atoms with Gasteiger partial charge in [-0.3, -0.25) is 0 Å². The minimum Gasteiger partial charge on any atom is -0.478 e. The van der Waals surface area contributed by atoms with Gasteiger partial charge >= 0.3 is 5.97 Å². The summed E-state index contributed by atoms with van der Waals surface area (Å²) in [6.45, 7) is 1.84. The maximum absolute atomic E-state index is 13.7. The van der Waals surface area contributed by atoms with E-state index in [9.17, 15) is 9.18 Å². The SMILES string of the molecule is Cc1ccc(C(=O)O)c(Nc2c(F)cccc2Br)c1. The number of benzene rings is 2. The Kier molecular flexibility index (Phi) is 3.85. The molecule has 0 aliphatic rings. The van der Waals surface area contributed by atoms with Crippen LogP contribution in [0.2, 0.25) is 0 Å². The largest absolute Gasteiger partial charge is 0.478 e. The summed E-state index contributed by atoms with van der Waals surface area (Å²) in [5, 5.41) is 12.0. The Bertz CT molecular complexity index is 623. The highest BCUT2D eigenvalue weighted by Gasteiger charge is 2.13. The lowest BCUT2D eigenvalue weighted by atomic mass is 10.1. The molecule has 5 heteroatoms. The number of anilines is 2. The second-order valence-electron chi connectivity index (χ2n) is 4.08. The third-order valence-electron chi connectivity index (χ3n) is 2.63. The molecule has 19 heavy (non-hydrogen) atoms. The molecule has 0 aliphatic heterocycles. The molecule has 0 radical (unpaired) electrons. The van der Waals surface area contributed by atoms with E-state index in [1.54, 1.807) is 24.3 Å². The fourth-order valence-electron chi connectivity index (χ4n) is 1.70. The van der Waals surface area contributed by atoms with Crippen molar-refractivity contribution in [1.29, 1.82) is 0 Å². The molecule has 0 saturated heterocycles. The molecule has 0 bridgehead atoms. The smallest absolute Gasteiger partial charge is 0.337 e. The minimum absolute atomic E-state index is 0.0979. The van der Waals surface area contributed by atoms with E-state index in [1.165, 1.54) is 12.1 Å². The summed E-state index contributed by atoms with van der Waals surface area (Å²) in [5.74, 6) is -1.51. The molecular formula is C14H11BrFNO2. The fourth-order valence-corrected chi connectivity index (χ4v) is 2.14. The van der Waals surface area contributed by atoms with Crippen LogP contribution in [0, 0.1) is 12.7 Å². The van der Waals surface area contributed by atoms with E-state index in [1.807, 2.05) is 6.92 Å². The summed E-state index contributed by atoms with van der Waals surface area (Å²) >= 11 is 3.23. The van der Waals surface area contributed by atoms with Gasteiger partial charge in [0.2, 0.25) is 0 Å². The Morgan fingerprint density at radius 2 is 2.05 bits per heavy atom. The Morgan fingerprint density at radius 1 is 1.32 bits per heavy atom. The van der Waals surface area contributed by atoms with Crippen LogP contribution >= 0.6 is 15.9 Å². The molecule has 0 unspecified atom stereocenters. The number of nitrogens with one attached hydrogen (secondary N) is 1. The van der Waals surface area contributed by atoms with Crippen LogP contribution in [-0.4, -0.2) is 11.1 Å². The number of hydrogen-bond acceptors (Lipinski definition) is 2. The summed E-state index contributed by atoms with van der Waals surface area (Å²) in [5.41, 5.74) is 1.56. The van der Waals surface area contributed by atoms with E-state index >= 15 is 0 Å². The molecule has 98 valence electrons. The molecule has 0 amide bonds. The number of para-hydroxylation sites is 1. The highest BCUT2D eigenvalue weighted by Crippen LogP contribution is 2.30. The van der Waals surface area contributed by atoms with Crippen molar-refractivity contribution >= 4 is 33.3 Å². The van der Waals surface area contributed by atoms with Crippen LogP contribution in [0.25, 0.3) is 0 Å². The number of carboxylic acids is 1. The van der Waals surface area contributed by atoms with Gasteiger partial charge in [0.25, 0.3) is 0 Å². The Morgan fingerprint density at radius 3 is 2.68 bits per heavy atom. The zero-order chi connectivity index (χ0) is 14.0. The molecule has 0 aliphatic carbocycles. The van der Waals surface area contributed by atoms with Crippen molar-refractivity contribution < 1.29 is 14.3 Å². The molecular weight excluding hydrogens is 313 g/mol. The fraction of sp³-hybridized carbons (Fsp3) is 0.0714. The first-order valence-electron chi connectivity index (χ1n) is 5.54. The number of halogens is 2. The lowest BCUT2D eigenvalue weighted by molar-refractivity contribution is 0.0698. The van der Waals surface area contributed by atoms with Gasteiger partial charge < -0.3 is 10.4 Å². The summed E-state index contributed by atoms with van der Waals surface area (Å²) in [6.07, 6.45) is 0. The van der Waals surface area contributed by atoms with Gasteiger partial charge in [-0.2, -0.15) is 0 Å². The lowest BCUT2D eigenvalue weighted by Gasteiger charge is -2.12. The van der Waals surface area contributed by atoms with Crippen molar-refractivity contribution in [3.63, 3.8) is 0 Å². The zero-order valence-corrected chi connectivity index (χ0v) is 11.7.